The monoisotopic (exact) mass is 887 g/mol. The molecule has 0 spiro atoms. The Kier molecular flexibility index (Phi) is 14.5. The number of hydrogen-bond acceptors (Lipinski definition) is 11. The molecule has 2 aromatic carbocycles. The molecule has 61 heavy (non-hydrogen) atoms. The van der Waals surface area contributed by atoms with Crippen LogP contribution in [-0.2, 0) is 24.6 Å². The van der Waals surface area contributed by atoms with Gasteiger partial charge in [0.15, 0.2) is 36.8 Å². The molecule has 12 nitrogen and oxygen atoms in total. The molecule has 1 aliphatic heterocycles. The summed E-state index contributed by atoms with van der Waals surface area (Å²) in [5.74, 6) is 1.56. The number of nitrogen functional groups attached to an aromatic ring is 1. The van der Waals surface area contributed by atoms with Crippen LogP contribution in [-0.4, -0.2) is 77.6 Å². The molecule has 4 atom stereocenters. The normalized spacial score (nSPS) is 19.3. The van der Waals surface area contributed by atoms with Gasteiger partial charge in [-0.25, -0.2) is 9.97 Å². The van der Waals surface area contributed by atoms with Crippen LogP contribution in [0.15, 0.2) is 54.9 Å². The molecular weight excluding hydrogens is 815 g/mol. The summed E-state index contributed by atoms with van der Waals surface area (Å²) in [7, 11) is -7.12. The van der Waals surface area contributed by atoms with E-state index in [0.717, 1.165) is 28.9 Å². The molecule has 0 aliphatic carbocycles. The summed E-state index contributed by atoms with van der Waals surface area (Å²) in [5, 5.41) is 14.8. The molecule has 5 rings (SSSR count). The van der Waals surface area contributed by atoms with Crippen LogP contribution in [0.25, 0.3) is 22.2 Å². The fraction of sp³-hybridized carbons (Fsp3) is 0.587. The topological polar surface area (TPSA) is 165 Å². The van der Waals surface area contributed by atoms with Gasteiger partial charge >= 0.3 is 0 Å². The maximum Gasteiger partial charge on any atom is 0.192 e. The molecule has 1 aliphatic rings. The second-order valence-electron chi connectivity index (χ2n) is 21.1. The highest BCUT2D eigenvalue weighted by Gasteiger charge is 2.55. The fourth-order valence-electron chi connectivity index (χ4n) is 6.59. The lowest BCUT2D eigenvalue weighted by Gasteiger charge is -2.44. The zero-order valence-corrected chi connectivity index (χ0v) is 42.5. The Bertz CT molecular complexity index is 2170. The fourth-order valence-corrected chi connectivity index (χ4v) is 10.2. The molecule has 0 radical (unpaired) electrons. The summed E-state index contributed by atoms with van der Waals surface area (Å²) < 4.78 is 37.1. The van der Waals surface area contributed by atoms with E-state index < -0.39 is 49.5 Å². The van der Waals surface area contributed by atoms with Crippen molar-refractivity contribution in [2.75, 3.05) is 30.8 Å². The molecule has 0 amide bonds. The molecule has 0 saturated carbocycles. The highest BCUT2D eigenvalue weighted by Crippen LogP contribution is 2.49. The minimum atomic E-state index is -2.49. The number of hydrogen-bond donors (Lipinski definition) is 3. The molecule has 1 saturated heterocycles. The van der Waals surface area contributed by atoms with Crippen molar-refractivity contribution < 1.29 is 22.8 Å². The van der Waals surface area contributed by atoms with Crippen molar-refractivity contribution in [2.24, 2.45) is 5.73 Å². The highest BCUT2D eigenvalue weighted by molar-refractivity contribution is 6.75. The Balaban J connectivity index is 1.62. The van der Waals surface area contributed by atoms with Crippen LogP contribution in [0.5, 0.6) is 5.75 Å². The maximum atomic E-state index is 10.9. The first-order valence-electron chi connectivity index (χ1n) is 21.7. The molecule has 4 aromatic rings. The van der Waals surface area contributed by atoms with Crippen LogP contribution in [0, 0.1) is 11.3 Å². The van der Waals surface area contributed by atoms with Crippen LogP contribution in [0.4, 0.5) is 11.6 Å². The van der Waals surface area contributed by atoms with E-state index in [9.17, 15) is 5.26 Å². The van der Waals surface area contributed by atoms with Gasteiger partial charge in [-0.2, -0.15) is 5.26 Å². The van der Waals surface area contributed by atoms with Gasteiger partial charge in [0.05, 0.1) is 18.6 Å². The van der Waals surface area contributed by atoms with Crippen LogP contribution in [0.1, 0.15) is 86.1 Å². The number of nitrogens with two attached hydrogens (primary N) is 2. The average molecular weight is 888 g/mol. The average Bonchev–Trinajstić information content (AvgIpc) is 3.65. The quantitative estimate of drug-likeness (QED) is 0.0724. The van der Waals surface area contributed by atoms with E-state index in [2.05, 4.69) is 148 Å². The number of nitriles is 1. The molecule has 5 N–H and O–H groups in total. The summed E-state index contributed by atoms with van der Waals surface area (Å²) in [6.45, 7) is 35.7. The largest absolute Gasteiger partial charge is 0.494 e. The first-order valence-corrected chi connectivity index (χ1v) is 30.4. The Labute approximate surface area is 368 Å². The molecule has 15 heteroatoms. The Hall–Kier alpha value is -3.60. The SMILES string of the molecule is CC(C)(C)[Si](C)(C)OC[C@H]1O[C@@H](n2c(NCc3ccc(-c4cccc(OCCCN)c4)cc3)c(C#N)c3c(N)ncnc32)[C@H](O[Si](C)(C)C(C)(C)C)[C@@H]1O[Si](C)(C)C(C)(C)C. The third-order valence-corrected chi connectivity index (χ3v) is 27.0. The lowest BCUT2D eigenvalue weighted by atomic mass is 10.0. The first kappa shape index (κ1) is 48.4. The van der Waals surface area contributed by atoms with E-state index in [0.29, 0.717) is 48.7 Å². The van der Waals surface area contributed by atoms with Crippen LogP contribution >= 0.6 is 0 Å². The molecule has 2 aromatic heterocycles. The predicted octanol–water partition coefficient (Wildman–Crippen LogP) is 10.6. The van der Waals surface area contributed by atoms with E-state index in [1.165, 1.54) is 6.33 Å². The van der Waals surface area contributed by atoms with Gasteiger partial charge in [0.25, 0.3) is 0 Å². The number of nitrogens with one attached hydrogen (secondary N) is 1. The van der Waals surface area contributed by atoms with Crippen LogP contribution < -0.4 is 21.5 Å². The Morgan fingerprint density at radius 2 is 1.43 bits per heavy atom. The molecule has 0 unspecified atom stereocenters. The van der Waals surface area contributed by atoms with Gasteiger partial charge in [-0.1, -0.05) is 98.7 Å². The van der Waals surface area contributed by atoms with Crippen molar-refractivity contribution in [1.29, 1.82) is 5.26 Å². The van der Waals surface area contributed by atoms with Gasteiger partial charge < -0.3 is 39.5 Å². The molecule has 334 valence electrons. The Morgan fingerprint density at radius 3 is 2.00 bits per heavy atom. The van der Waals surface area contributed by atoms with Gasteiger partial charge in [0, 0.05) is 6.54 Å². The van der Waals surface area contributed by atoms with Crippen molar-refractivity contribution in [1.82, 2.24) is 14.5 Å². The number of aromatic nitrogens is 3. The van der Waals surface area contributed by atoms with Crippen molar-refractivity contribution in [3.8, 4) is 22.9 Å². The van der Waals surface area contributed by atoms with Gasteiger partial charge in [0.2, 0.25) is 0 Å². The van der Waals surface area contributed by atoms with Crippen LogP contribution in [0.3, 0.4) is 0 Å². The molecule has 0 bridgehead atoms. The number of rotatable bonds is 16. The van der Waals surface area contributed by atoms with Gasteiger partial charge in [-0.05, 0) is 96.2 Å². The summed E-state index contributed by atoms with van der Waals surface area (Å²) >= 11 is 0. The second kappa shape index (κ2) is 18.2. The lowest BCUT2D eigenvalue weighted by Crippen LogP contribution is -2.54. The zero-order valence-electron chi connectivity index (χ0n) is 39.5. The predicted molar refractivity (Wildman–Crippen MR) is 256 cm³/mol. The second-order valence-corrected chi connectivity index (χ2v) is 35.4. The van der Waals surface area contributed by atoms with E-state index in [1.807, 2.05) is 22.8 Å². The van der Waals surface area contributed by atoms with E-state index in [1.54, 1.807) is 0 Å². The molecular formula is C46H73N7O5Si3. The van der Waals surface area contributed by atoms with E-state index in [4.69, 9.17) is 39.2 Å². The number of benzene rings is 2. The standard InChI is InChI=1S/C46H73N7O5Si3/c1-44(2,3)59(10,11)55-29-36-38(57-60(12,13)45(4,5)6)39(58-61(14,15)46(7,8)9)43(56-36)53-41(35(27-48)37-40(49)51-30-52-42(37)53)50-28-31-20-22-32(23-21-31)33-18-16-19-34(26-33)54-25-17-24-47/h16,18-23,26,30,36,38-39,43,50H,17,24-25,28-29,47H2,1-15H3,(H2,49,51,52)/t36-,38-,39-,43-/m1/s1. The van der Waals surface area contributed by atoms with E-state index in [-0.39, 0.29) is 20.9 Å². The summed E-state index contributed by atoms with van der Waals surface area (Å²) in [4.78, 5) is 9.13. The molecule has 3 heterocycles. The zero-order chi connectivity index (χ0) is 45.3. The summed E-state index contributed by atoms with van der Waals surface area (Å²) in [6.07, 6.45) is -0.0360. The van der Waals surface area contributed by atoms with Crippen LogP contribution in [0.2, 0.25) is 54.4 Å². The highest BCUT2D eigenvalue weighted by atomic mass is 28.4. The Morgan fingerprint density at radius 1 is 0.820 bits per heavy atom. The van der Waals surface area contributed by atoms with Crippen molar-refractivity contribution >= 4 is 47.6 Å². The van der Waals surface area contributed by atoms with Gasteiger partial charge in [-0.3, -0.25) is 4.57 Å². The minimum absolute atomic E-state index is 0.0111. The van der Waals surface area contributed by atoms with Gasteiger partial charge in [0.1, 0.15) is 53.7 Å². The number of ether oxygens (including phenoxy) is 2. The summed E-state index contributed by atoms with van der Waals surface area (Å²) in [6, 6.07) is 18.9. The minimum Gasteiger partial charge on any atom is -0.494 e. The van der Waals surface area contributed by atoms with Gasteiger partial charge in [-0.15, -0.1) is 0 Å². The number of fused-ring (bicyclic) bond motifs is 1. The van der Waals surface area contributed by atoms with Crippen molar-refractivity contribution in [2.45, 2.75) is 154 Å². The third kappa shape index (κ3) is 10.6. The van der Waals surface area contributed by atoms with Crippen molar-refractivity contribution in [3.63, 3.8) is 0 Å². The number of nitrogens with zero attached hydrogens (tertiary/aromatic N) is 4. The van der Waals surface area contributed by atoms with E-state index >= 15 is 0 Å². The lowest BCUT2D eigenvalue weighted by molar-refractivity contribution is -0.0459. The smallest absolute Gasteiger partial charge is 0.192 e. The summed E-state index contributed by atoms with van der Waals surface area (Å²) in [5.41, 5.74) is 16.2. The first-order chi connectivity index (χ1) is 28.2. The molecule has 1 fully saturated rings. The maximum absolute atomic E-state index is 10.9. The van der Waals surface area contributed by atoms with Crippen molar-refractivity contribution in [3.05, 3.63) is 66.0 Å². The number of anilines is 2. The third-order valence-electron chi connectivity index (χ3n) is 13.6.